The summed E-state index contributed by atoms with van der Waals surface area (Å²) in [6, 6.07) is 5.57. The van der Waals surface area contributed by atoms with Crippen LogP contribution in [0.5, 0.6) is 0 Å². The Labute approximate surface area is 201 Å². The number of hydrogen-bond donors (Lipinski definition) is 2. The van der Waals surface area contributed by atoms with Gasteiger partial charge < -0.3 is 19.7 Å². The number of rotatable bonds is 11. The molecule has 1 aliphatic heterocycles. The van der Waals surface area contributed by atoms with Gasteiger partial charge >= 0.3 is 5.97 Å². The lowest BCUT2D eigenvalue weighted by Crippen LogP contribution is -2.35. The van der Waals surface area contributed by atoms with Crippen molar-refractivity contribution < 1.29 is 19.4 Å². The minimum Gasteiger partial charge on any atom is -0.480 e. The number of carbonyl (C=O) groups is 2. The molecule has 1 aromatic heterocycles. The maximum Gasteiger partial charge on any atom is 0.320 e. The molecule has 1 unspecified atom stereocenters. The van der Waals surface area contributed by atoms with E-state index in [9.17, 15) is 14.7 Å². The van der Waals surface area contributed by atoms with E-state index in [0.717, 1.165) is 66.2 Å². The molecule has 0 spiro atoms. The fraction of sp³-hybridized carbons (Fsp3) is 0.519. The van der Waals surface area contributed by atoms with Crippen molar-refractivity contribution >= 4 is 28.4 Å². The second-order valence-corrected chi connectivity index (χ2v) is 8.95. The smallest absolute Gasteiger partial charge is 0.320 e. The number of benzene rings is 1. The predicted molar refractivity (Wildman–Crippen MR) is 135 cm³/mol. The Bertz CT molecular complexity index is 1080. The molecule has 0 saturated carbocycles. The van der Waals surface area contributed by atoms with Crippen LogP contribution in [-0.4, -0.2) is 45.7 Å². The Balaban J connectivity index is 1.99. The van der Waals surface area contributed by atoms with Gasteiger partial charge in [0.1, 0.15) is 11.9 Å². The van der Waals surface area contributed by atoms with Crippen LogP contribution in [0.1, 0.15) is 64.8 Å². The van der Waals surface area contributed by atoms with Crippen molar-refractivity contribution in [1.82, 2.24) is 14.9 Å². The molecule has 0 radical (unpaired) electrons. The Morgan fingerprint density at radius 3 is 2.65 bits per heavy atom. The van der Waals surface area contributed by atoms with Gasteiger partial charge in [0, 0.05) is 38.3 Å². The maximum atomic E-state index is 12.2. The monoisotopic (exact) mass is 467 g/mol. The number of ether oxygens (including phenoxy) is 1. The average Bonchev–Trinajstić information content (AvgIpc) is 3.19. The number of aromatic nitrogens is 2. The first-order valence-corrected chi connectivity index (χ1v) is 12.3. The van der Waals surface area contributed by atoms with Gasteiger partial charge in [-0.1, -0.05) is 26.0 Å². The van der Waals surface area contributed by atoms with E-state index in [2.05, 4.69) is 16.0 Å². The van der Waals surface area contributed by atoms with E-state index in [4.69, 9.17) is 9.72 Å². The lowest BCUT2D eigenvalue weighted by molar-refractivity contribution is -0.139. The summed E-state index contributed by atoms with van der Waals surface area (Å²) in [5, 5.41) is 12.4. The van der Waals surface area contributed by atoms with E-state index in [-0.39, 0.29) is 5.78 Å². The summed E-state index contributed by atoms with van der Waals surface area (Å²) < 4.78 is 7.82. The third-order valence-electron chi connectivity index (χ3n) is 6.56. The van der Waals surface area contributed by atoms with Gasteiger partial charge in [0.25, 0.3) is 0 Å². The summed E-state index contributed by atoms with van der Waals surface area (Å²) >= 11 is 0. The number of carbonyl (C=O) groups excluding carboxylic acids is 1. The van der Waals surface area contributed by atoms with Crippen LogP contribution in [0.3, 0.4) is 0 Å². The highest BCUT2D eigenvalue weighted by Gasteiger charge is 2.21. The van der Waals surface area contributed by atoms with Crippen LogP contribution in [-0.2, 0) is 27.4 Å². The van der Waals surface area contributed by atoms with Crippen LogP contribution in [0, 0.1) is 5.92 Å². The van der Waals surface area contributed by atoms with Gasteiger partial charge in [-0.05, 0) is 68.4 Å². The first-order valence-electron chi connectivity index (χ1n) is 12.3. The number of aliphatic carboxylic acids is 1. The molecular formula is C27H37N3O4. The van der Waals surface area contributed by atoms with Gasteiger partial charge in [0.2, 0.25) is 0 Å². The van der Waals surface area contributed by atoms with Crippen molar-refractivity contribution in [1.29, 1.82) is 0 Å². The average molecular weight is 468 g/mol. The van der Waals surface area contributed by atoms with Gasteiger partial charge in [0.05, 0.1) is 11.0 Å². The van der Waals surface area contributed by atoms with Gasteiger partial charge in [-0.25, -0.2) is 4.98 Å². The molecule has 1 aromatic carbocycles. The number of ketones is 1. The lowest BCUT2D eigenvalue weighted by Gasteiger charge is -2.23. The number of nitrogens with one attached hydrogen (secondary N) is 1. The molecule has 34 heavy (non-hydrogen) atoms. The van der Waals surface area contributed by atoms with Crippen molar-refractivity contribution in [2.45, 2.75) is 72.5 Å². The number of carboxylic acids is 1. The number of carboxylic acid groups (broad SMARTS) is 1. The molecule has 0 amide bonds. The van der Waals surface area contributed by atoms with Crippen molar-refractivity contribution in [3.63, 3.8) is 0 Å². The summed E-state index contributed by atoms with van der Waals surface area (Å²) in [5.74, 6) is 0.652. The summed E-state index contributed by atoms with van der Waals surface area (Å²) in [6.07, 6.45) is 6.98. The highest BCUT2D eigenvalue weighted by Crippen LogP contribution is 2.28. The number of hydrogen-bond acceptors (Lipinski definition) is 5. The highest BCUT2D eigenvalue weighted by molar-refractivity contribution is 5.97. The van der Waals surface area contributed by atoms with E-state index >= 15 is 0 Å². The second-order valence-electron chi connectivity index (χ2n) is 8.95. The molecule has 2 N–H and O–H groups in total. The van der Waals surface area contributed by atoms with Crippen LogP contribution in [0.4, 0.5) is 0 Å². The molecule has 7 nitrogen and oxygen atoms in total. The van der Waals surface area contributed by atoms with Crippen molar-refractivity contribution in [2.24, 2.45) is 5.92 Å². The lowest BCUT2D eigenvalue weighted by atomic mass is 10.00. The van der Waals surface area contributed by atoms with Crippen LogP contribution in [0.2, 0.25) is 0 Å². The molecular weight excluding hydrogens is 430 g/mol. The summed E-state index contributed by atoms with van der Waals surface area (Å²) in [5.41, 5.74) is 4.56. The van der Waals surface area contributed by atoms with Crippen LogP contribution in [0.15, 0.2) is 35.9 Å². The predicted octanol–water partition coefficient (Wildman–Crippen LogP) is 4.74. The number of allylic oxidation sites excluding steroid dienone is 4. The third kappa shape index (κ3) is 6.21. The molecule has 1 fully saturated rings. The van der Waals surface area contributed by atoms with Crippen LogP contribution < -0.4 is 5.32 Å². The molecule has 2 aromatic rings. The molecule has 1 atom stereocenters. The summed E-state index contributed by atoms with van der Waals surface area (Å²) in [6.45, 7) is 10.4. The number of fused-ring (bicyclic) bond motifs is 1. The zero-order valence-corrected chi connectivity index (χ0v) is 20.8. The largest absolute Gasteiger partial charge is 0.480 e. The Kier molecular flexibility index (Phi) is 9.19. The van der Waals surface area contributed by atoms with Crippen LogP contribution in [0.25, 0.3) is 16.6 Å². The van der Waals surface area contributed by atoms with Gasteiger partial charge in [0.15, 0.2) is 5.78 Å². The number of imidazole rings is 1. The topological polar surface area (TPSA) is 93.5 Å². The third-order valence-corrected chi connectivity index (χ3v) is 6.56. The molecule has 7 heteroatoms. The normalized spacial score (nSPS) is 16.7. The first kappa shape index (κ1) is 25.8. The molecule has 1 saturated heterocycles. The Morgan fingerprint density at radius 2 is 2.03 bits per heavy atom. The van der Waals surface area contributed by atoms with Crippen molar-refractivity contribution in [3.8, 4) is 0 Å². The van der Waals surface area contributed by atoms with E-state index in [0.29, 0.717) is 25.3 Å². The number of nitrogens with zero attached hydrogens (tertiary/aromatic N) is 2. The molecule has 184 valence electrons. The fourth-order valence-electron chi connectivity index (χ4n) is 4.39. The molecule has 0 aliphatic carbocycles. The van der Waals surface area contributed by atoms with E-state index < -0.39 is 12.0 Å². The Hall–Kier alpha value is -2.77. The Morgan fingerprint density at radius 1 is 1.29 bits per heavy atom. The molecule has 0 bridgehead atoms. The maximum absolute atomic E-state index is 12.2. The van der Waals surface area contributed by atoms with Gasteiger partial charge in [-0.15, -0.1) is 0 Å². The first-order chi connectivity index (χ1) is 16.4. The number of Topliss-reactive ketones (excluding diaryl/α,β-unsaturated/α-hetero) is 1. The van der Waals surface area contributed by atoms with E-state index in [1.165, 1.54) is 0 Å². The van der Waals surface area contributed by atoms with Crippen LogP contribution >= 0.6 is 0 Å². The zero-order chi connectivity index (χ0) is 24.7. The van der Waals surface area contributed by atoms with E-state index in [1.54, 1.807) is 0 Å². The minimum absolute atomic E-state index is 0.128. The summed E-state index contributed by atoms with van der Waals surface area (Å²) in [4.78, 5) is 28.6. The summed E-state index contributed by atoms with van der Waals surface area (Å²) in [7, 11) is 0. The minimum atomic E-state index is -0.840. The van der Waals surface area contributed by atoms with E-state index in [1.807, 2.05) is 52.0 Å². The second kappa shape index (κ2) is 12.1. The fourth-order valence-corrected chi connectivity index (χ4v) is 4.39. The van der Waals surface area contributed by atoms with Gasteiger partial charge in [-0.3, -0.25) is 9.59 Å². The van der Waals surface area contributed by atoms with Gasteiger partial charge in [-0.2, -0.15) is 0 Å². The molecule has 3 rings (SSSR count). The quantitative estimate of drug-likeness (QED) is 0.366. The van der Waals surface area contributed by atoms with Crippen molar-refractivity contribution in [3.05, 3.63) is 47.3 Å². The SMILES string of the molecule is C/C=C(\C=C(\C)C(=O)CC)c1nc2cc(CNC(CC)C(=O)O)ccc2n1CC1CCOCC1. The molecule has 2 heterocycles. The highest BCUT2D eigenvalue weighted by atomic mass is 16.5. The zero-order valence-electron chi connectivity index (χ0n) is 20.8. The molecule has 1 aliphatic rings. The van der Waals surface area contributed by atoms with Crippen molar-refractivity contribution in [2.75, 3.05) is 13.2 Å². The standard InChI is InChI=1S/C27H37N3O4/c1-5-21(14-18(4)25(31)7-3)26-29-23-15-20(16-28-22(6-2)27(32)33)8-9-24(23)30(26)17-19-10-12-34-13-11-19/h5,8-9,14-15,19,22,28H,6-7,10-13,16-17H2,1-4H3,(H,32,33)/b18-14-,21-5+.